The zero-order chi connectivity index (χ0) is 46.0. The van der Waals surface area contributed by atoms with Crippen molar-refractivity contribution in [3.63, 3.8) is 0 Å². The molecule has 2 unspecified atom stereocenters. The molecule has 4 aliphatic heterocycles. The summed E-state index contributed by atoms with van der Waals surface area (Å²) in [4.78, 5) is 90.7. The number of methoxy groups -OCH3 is 1. The molecule has 1 aromatic heterocycles. The second-order valence-corrected chi connectivity index (χ2v) is 16.9. The minimum absolute atomic E-state index is 0.0341. The van der Waals surface area contributed by atoms with Crippen LogP contribution in [0.4, 0.5) is 42.0 Å². The SMILES string of the molecule is COc1cc(C(=O)NC2CCN(CCCOCCCNc3cccc4c3C(=O)N(C3CCC(=O)NC3=O)C4=O)C2)c(F)cc1Nc1ncc2c(n1)N(C1CCCC1)CC(F)(F)C(=O)N2C. The number of carbonyl (C=O) groups excluding carboxylic acids is 6. The van der Waals surface area contributed by atoms with Gasteiger partial charge in [-0.25, -0.2) is 9.37 Å². The van der Waals surface area contributed by atoms with Crippen molar-refractivity contribution in [2.75, 3.05) is 80.5 Å². The number of anilines is 5. The third kappa shape index (κ3) is 9.42. The van der Waals surface area contributed by atoms with Crippen LogP contribution in [-0.2, 0) is 19.1 Å². The van der Waals surface area contributed by atoms with Gasteiger partial charge in [-0.15, -0.1) is 0 Å². The number of hydrogen-bond acceptors (Lipinski definition) is 14. The maximum Gasteiger partial charge on any atom is 0.342 e. The first-order chi connectivity index (χ1) is 31.2. The van der Waals surface area contributed by atoms with Crippen LogP contribution in [0.2, 0.25) is 0 Å². The molecule has 5 heterocycles. The first-order valence-corrected chi connectivity index (χ1v) is 21.9. The Balaban J connectivity index is 0.781. The average molecular weight is 905 g/mol. The van der Waals surface area contributed by atoms with E-state index >= 15 is 13.2 Å². The van der Waals surface area contributed by atoms with Crippen LogP contribution in [0.1, 0.15) is 88.9 Å². The molecule has 18 nitrogen and oxygen atoms in total. The lowest BCUT2D eigenvalue weighted by Gasteiger charge is -2.31. The Morgan fingerprint density at radius 3 is 2.55 bits per heavy atom. The fraction of sp³-hybridized carbons (Fsp3) is 0.500. The second kappa shape index (κ2) is 19.0. The topological polar surface area (TPSA) is 208 Å². The van der Waals surface area contributed by atoms with Gasteiger partial charge in [0, 0.05) is 76.7 Å². The fourth-order valence-electron chi connectivity index (χ4n) is 9.19. The number of fused-ring (bicyclic) bond motifs is 2. The van der Waals surface area contributed by atoms with Gasteiger partial charge >= 0.3 is 5.92 Å². The van der Waals surface area contributed by atoms with E-state index in [2.05, 4.69) is 36.1 Å². The molecule has 1 saturated carbocycles. The highest BCUT2D eigenvalue weighted by atomic mass is 19.3. The lowest BCUT2D eigenvalue weighted by Crippen LogP contribution is -2.54. The zero-order valence-corrected chi connectivity index (χ0v) is 36.1. The minimum Gasteiger partial charge on any atom is -0.495 e. The Bertz CT molecular complexity index is 2380. The molecule has 8 rings (SSSR count). The standard InChI is InChI=1S/C44H51F3N10O8/c1-54-33-22-49-43(53-37(33)56(26-8-3-4-9-26)24-44(46,47)42(54)63)51-31-21-29(45)28(20-34(31)64-2)38(59)50-25-14-17-55(23-25)16-7-19-65-18-6-15-48-30-11-5-10-27-36(30)41(62)57(40(27)61)32-12-13-35(58)52-39(32)60/h5,10-11,20-22,25-26,32,48H,3-4,6-9,12-19,23-24H2,1-2H3,(H,50,59)(H,49,51,53)(H,52,58,60). The first-order valence-electron chi connectivity index (χ1n) is 21.9. The number of nitrogens with zero attached hydrogens (tertiary/aromatic N) is 6. The monoisotopic (exact) mass is 904 g/mol. The van der Waals surface area contributed by atoms with Gasteiger partial charge in [-0.2, -0.15) is 13.8 Å². The Kier molecular flexibility index (Phi) is 13.2. The van der Waals surface area contributed by atoms with Crippen molar-refractivity contribution in [1.82, 2.24) is 30.4 Å². The number of hydrogen-bond donors (Lipinski definition) is 4. The van der Waals surface area contributed by atoms with Crippen LogP contribution in [-0.4, -0.2) is 139 Å². The second-order valence-electron chi connectivity index (χ2n) is 16.9. The van der Waals surface area contributed by atoms with E-state index in [9.17, 15) is 28.8 Å². The molecule has 5 aliphatic rings. The molecule has 65 heavy (non-hydrogen) atoms. The highest BCUT2D eigenvalue weighted by molar-refractivity contribution is 6.25. The molecule has 6 amide bonds. The van der Waals surface area contributed by atoms with Gasteiger partial charge in [0.1, 0.15) is 23.3 Å². The summed E-state index contributed by atoms with van der Waals surface area (Å²) in [7, 11) is 2.62. The summed E-state index contributed by atoms with van der Waals surface area (Å²) in [5, 5.41) is 11.2. The molecule has 1 aliphatic carbocycles. The summed E-state index contributed by atoms with van der Waals surface area (Å²) < 4.78 is 57.0. The average Bonchev–Trinajstić information content (AvgIpc) is 4.03. The van der Waals surface area contributed by atoms with Crippen LogP contribution >= 0.6 is 0 Å². The van der Waals surface area contributed by atoms with E-state index in [4.69, 9.17) is 9.47 Å². The Morgan fingerprint density at radius 1 is 1.00 bits per heavy atom. The van der Waals surface area contributed by atoms with Crippen LogP contribution in [0.15, 0.2) is 36.5 Å². The van der Waals surface area contributed by atoms with E-state index in [0.717, 1.165) is 48.2 Å². The molecule has 3 aromatic rings. The summed E-state index contributed by atoms with van der Waals surface area (Å²) in [6, 6.07) is 5.78. The normalized spacial score (nSPS) is 21.1. The van der Waals surface area contributed by atoms with Crippen molar-refractivity contribution in [3.05, 3.63) is 59.0 Å². The molecular weight excluding hydrogens is 854 g/mol. The molecule has 2 atom stereocenters. The smallest absolute Gasteiger partial charge is 0.342 e. The van der Waals surface area contributed by atoms with Gasteiger partial charge in [0.05, 0.1) is 42.2 Å². The number of ether oxygens (including phenoxy) is 2. The van der Waals surface area contributed by atoms with Crippen LogP contribution in [0.3, 0.4) is 0 Å². The largest absolute Gasteiger partial charge is 0.495 e. The number of benzene rings is 2. The molecule has 2 aromatic carbocycles. The van der Waals surface area contributed by atoms with Crippen molar-refractivity contribution >= 4 is 64.3 Å². The summed E-state index contributed by atoms with van der Waals surface area (Å²) in [5.41, 5.74) is 0.902. The van der Waals surface area contributed by atoms with Gasteiger partial charge in [-0.3, -0.25) is 39.0 Å². The van der Waals surface area contributed by atoms with Crippen molar-refractivity contribution < 1.29 is 51.4 Å². The van der Waals surface area contributed by atoms with Gasteiger partial charge in [0.15, 0.2) is 5.82 Å². The van der Waals surface area contributed by atoms with Crippen molar-refractivity contribution in [3.8, 4) is 5.75 Å². The number of likely N-dealkylation sites (tertiary alicyclic amines) is 1. The van der Waals surface area contributed by atoms with Gasteiger partial charge in [-0.1, -0.05) is 18.9 Å². The highest BCUT2D eigenvalue weighted by Crippen LogP contribution is 2.40. The third-order valence-electron chi connectivity index (χ3n) is 12.5. The Morgan fingerprint density at radius 2 is 1.78 bits per heavy atom. The maximum atomic E-state index is 15.6. The van der Waals surface area contributed by atoms with Gasteiger partial charge in [0.25, 0.3) is 23.6 Å². The van der Waals surface area contributed by atoms with Crippen LogP contribution in [0, 0.1) is 5.82 Å². The number of rotatable bonds is 16. The Hall–Kier alpha value is -6.35. The number of carbonyl (C=O) groups is 6. The van der Waals surface area contributed by atoms with Gasteiger partial charge < -0.3 is 40.1 Å². The molecular formula is C44H51F3N10O8. The van der Waals surface area contributed by atoms with Crippen molar-refractivity contribution in [1.29, 1.82) is 0 Å². The molecule has 346 valence electrons. The third-order valence-corrected chi connectivity index (χ3v) is 12.5. The Labute approximate surface area is 372 Å². The van der Waals surface area contributed by atoms with Crippen molar-refractivity contribution in [2.24, 2.45) is 0 Å². The molecule has 4 N–H and O–H groups in total. The number of imide groups is 2. The van der Waals surface area contributed by atoms with Crippen LogP contribution in [0.25, 0.3) is 0 Å². The van der Waals surface area contributed by atoms with E-state index in [1.165, 1.54) is 31.3 Å². The molecule has 0 spiro atoms. The molecule has 0 radical (unpaired) electrons. The van der Waals surface area contributed by atoms with E-state index < -0.39 is 59.8 Å². The van der Waals surface area contributed by atoms with Gasteiger partial charge in [0.2, 0.25) is 17.8 Å². The number of piperidine rings is 1. The molecule has 0 bridgehead atoms. The number of halogens is 3. The number of amides is 6. The van der Waals surface area contributed by atoms with E-state index in [0.29, 0.717) is 57.7 Å². The summed E-state index contributed by atoms with van der Waals surface area (Å²) >= 11 is 0. The van der Waals surface area contributed by atoms with Gasteiger partial charge in [-0.05, 0) is 56.7 Å². The van der Waals surface area contributed by atoms with E-state index in [1.54, 1.807) is 18.2 Å². The molecule has 3 fully saturated rings. The first kappa shape index (κ1) is 45.2. The predicted molar refractivity (Wildman–Crippen MR) is 230 cm³/mol. The number of aromatic nitrogens is 2. The minimum atomic E-state index is -3.64. The van der Waals surface area contributed by atoms with E-state index in [1.807, 2.05) is 0 Å². The summed E-state index contributed by atoms with van der Waals surface area (Å²) in [6.07, 6.45) is 6.51. The maximum absolute atomic E-state index is 15.6. The lowest BCUT2D eigenvalue weighted by atomic mass is 10.0. The highest BCUT2D eigenvalue weighted by Gasteiger charge is 2.49. The lowest BCUT2D eigenvalue weighted by molar-refractivity contribution is -0.140. The van der Waals surface area contributed by atoms with Crippen LogP contribution in [0.5, 0.6) is 5.75 Å². The molecule has 2 saturated heterocycles. The quantitative estimate of drug-likeness (QED) is 0.119. The van der Waals surface area contributed by atoms with Crippen molar-refractivity contribution in [2.45, 2.75) is 81.8 Å². The summed E-state index contributed by atoms with van der Waals surface area (Å²) in [6.45, 7) is 2.60. The fourth-order valence-corrected chi connectivity index (χ4v) is 9.19. The molecule has 21 heteroatoms. The number of alkyl halides is 2. The van der Waals surface area contributed by atoms with E-state index in [-0.39, 0.29) is 70.5 Å². The number of nitrogens with one attached hydrogen (secondary N) is 4. The summed E-state index contributed by atoms with van der Waals surface area (Å²) in [5.74, 6) is -8.41. The van der Waals surface area contributed by atoms with Crippen LogP contribution < -0.4 is 35.8 Å². The zero-order valence-electron chi connectivity index (χ0n) is 36.1. The predicted octanol–water partition coefficient (Wildman–Crippen LogP) is 3.84.